The van der Waals surface area contributed by atoms with Crippen molar-refractivity contribution in [3.8, 4) is 33.1 Å². The van der Waals surface area contributed by atoms with Crippen molar-refractivity contribution < 1.29 is 21.6 Å². The van der Waals surface area contributed by atoms with E-state index in [1.165, 1.54) is 12.1 Å². The molecule has 0 amide bonds. The molecule has 0 fully saturated rings. The number of benzene rings is 2. The van der Waals surface area contributed by atoms with Crippen molar-refractivity contribution in [1.82, 2.24) is 14.7 Å². The van der Waals surface area contributed by atoms with Gasteiger partial charge in [-0.1, -0.05) is 30.3 Å². The summed E-state index contributed by atoms with van der Waals surface area (Å²) in [5.41, 5.74) is 1.90. The minimum atomic E-state index is -4.41. The molecule has 10 heteroatoms. The number of alkyl halides is 3. The van der Waals surface area contributed by atoms with Gasteiger partial charge in [-0.15, -0.1) is 11.3 Å². The molecule has 0 aliphatic rings. The summed E-state index contributed by atoms with van der Waals surface area (Å²) in [5.74, 6) is 0.422. The molecule has 188 valence electrons. The molecule has 2 aromatic carbocycles. The van der Waals surface area contributed by atoms with E-state index in [1.807, 2.05) is 24.3 Å². The Hall–Kier alpha value is -3.08. The number of thiophene rings is 1. The van der Waals surface area contributed by atoms with Crippen LogP contribution in [0.25, 0.3) is 33.1 Å². The number of halogens is 3. The zero-order chi connectivity index (χ0) is 26.3. The third-order valence-corrected chi connectivity index (χ3v) is 8.44. The highest BCUT2D eigenvalue weighted by atomic mass is 32.2. The molecule has 0 aliphatic heterocycles. The van der Waals surface area contributed by atoms with Gasteiger partial charge in [-0.25, -0.2) is 23.1 Å². The summed E-state index contributed by atoms with van der Waals surface area (Å²) >= 11 is 1.16. The summed E-state index contributed by atoms with van der Waals surface area (Å²) < 4.78 is 67.0. The Balaban J connectivity index is 1.67. The van der Waals surface area contributed by atoms with Crippen molar-refractivity contribution in [3.05, 3.63) is 78.0 Å². The van der Waals surface area contributed by atoms with Crippen LogP contribution in [0.15, 0.2) is 70.9 Å². The van der Waals surface area contributed by atoms with E-state index in [0.717, 1.165) is 33.9 Å². The Labute approximate surface area is 212 Å². The number of rotatable bonds is 5. The van der Waals surface area contributed by atoms with Crippen LogP contribution < -0.4 is 4.72 Å². The van der Waals surface area contributed by atoms with Crippen molar-refractivity contribution in [3.63, 3.8) is 0 Å². The highest BCUT2D eigenvalue weighted by molar-refractivity contribution is 7.91. The normalized spacial score (nSPS) is 12.6. The van der Waals surface area contributed by atoms with Gasteiger partial charge in [0.2, 0.25) is 0 Å². The SMILES string of the molecule is Cc1cc(-c2ccc(C(F)(F)F)cc2)nc(-c2cccc(-c3ccc(S(=O)(=O)NC(C)(C)C)s3)c2)n1. The maximum absolute atomic E-state index is 12.9. The summed E-state index contributed by atoms with van der Waals surface area (Å²) in [7, 11) is -3.65. The van der Waals surface area contributed by atoms with E-state index < -0.39 is 27.3 Å². The van der Waals surface area contributed by atoms with Gasteiger partial charge in [0.25, 0.3) is 10.0 Å². The summed E-state index contributed by atoms with van der Waals surface area (Å²) in [5, 5.41) is 0. The molecular formula is C26H24F3N3O2S2. The van der Waals surface area contributed by atoms with Crippen molar-refractivity contribution in [2.75, 3.05) is 0 Å². The number of hydrogen-bond acceptors (Lipinski definition) is 5. The highest BCUT2D eigenvalue weighted by Crippen LogP contribution is 2.34. The van der Waals surface area contributed by atoms with Crippen LogP contribution in [0.3, 0.4) is 0 Å². The van der Waals surface area contributed by atoms with Crippen LogP contribution in [0.4, 0.5) is 13.2 Å². The van der Waals surface area contributed by atoms with Crippen LogP contribution in [0.2, 0.25) is 0 Å². The molecule has 0 bridgehead atoms. The first-order valence-electron chi connectivity index (χ1n) is 11.0. The molecule has 36 heavy (non-hydrogen) atoms. The van der Waals surface area contributed by atoms with Crippen LogP contribution in [0.5, 0.6) is 0 Å². The van der Waals surface area contributed by atoms with Crippen molar-refractivity contribution >= 4 is 21.4 Å². The van der Waals surface area contributed by atoms with E-state index in [1.54, 1.807) is 45.9 Å². The zero-order valence-electron chi connectivity index (χ0n) is 20.0. The van der Waals surface area contributed by atoms with Crippen molar-refractivity contribution in [1.29, 1.82) is 0 Å². The van der Waals surface area contributed by atoms with E-state index >= 15 is 0 Å². The number of sulfonamides is 1. The van der Waals surface area contributed by atoms with E-state index in [4.69, 9.17) is 0 Å². The standard InChI is InChI=1S/C26H24F3N3O2S2/c1-16-14-21(17-8-10-20(11-9-17)26(27,28)29)31-24(30-16)19-7-5-6-18(15-19)22-12-13-23(35-22)36(33,34)32-25(2,3)4/h5-15,32H,1-4H3. The number of aromatic nitrogens is 2. The maximum atomic E-state index is 12.9. The Kier molecular flexibility index (Phi) is 6.80. The molecule has 0 radical (unpaired) electrons. The summed E-state index contributed by atoms with van der Waals surface area (Å²) in [6, 6.07) is 17.3. The van der Waals surface area contributed by atoms with Gasteiger partial charge in [0.15, 0.2) is 5.82 Å². The molecule has 0 spiro atoms. The van der Waals surface area contributed by atoms with Crippen LogP contribution in [0, 0.1) is 6.92 Å². The molecule has 0 saturated heterocycles. The monoisotopic (exact) mass is 531 g/mol. The lowest BCUT2D eigenvalue weighted by atomic mass is 10.1. The average molecular weight is 532 g/mol. The second-order valence-electron chi connectivity index (χ2n) is 9.35. The Morgan fingerprint density at radius 3 is 2.14 bits per heavy atom. The van der Waals surface area contributed by atoms with Gasteiger partial charge in [-0.3, -0.25) is 0 Å². The Bertz CT molecular complexity index is 1500. The lowest BCUT2D eigenvalue weighted by Crippen LogP contribution is -2.40. The molecular weight excluding hydrogens is 507 g/mol. The van der Waals surface area contributed by atoms with E-state index in [-0.39, 0.29) is 4.21 Å². The molecule has 4 rings (SSSR count). The van der Waals surface area contributed by atoms with Gasteiger partial charge in [0.05, 0.1) is 11.3 Å². The molecule has 0 atom stereocenters. The maximum Gasteiger partial charge on any atom is 0.416 e. The van der Waals surface area contributed by atoms with Gasteiger partial charge < -0.3 is 0 Å². The first kappa shape index (κ1) is 26.0. The summed E-state index contributed by atoms with van der Waals surface area (Å²) in [6.07, 6.45) is -4.41. The minimum absolute atomic E-state index is 0.217. The van der Waals surface area contributed by atoms with Crippen LogP contribution in [-0.4, -0.2) is 23.9 Å². The molecule has 1 N–H and O–H groups in total. The predicted octanol–water partition coefficient (Wildman–Crippen LogP) is 6.94. The highest BCUT2D eigenvalue weighted by Gasteiger charge is 2.30. The summed E-state index contributed by atoms with van der Waals surface area (Å²) in [6.45, 7) is 7.14. The molecule has 0 unspecified atom stereocenters. The fourth-order valence-electron chi connectivity index (χ4n) is 3.56. The Morgan fingerprint density at radius 2 is 1.50 bits per heavy atom. The predicted molar refractivity (Wildman–Crippen MR) is 136 cm³/mol. The molecule has 0 aliphatic carbocycles. The Morgan fingerprint density at radius 1 is 0.833 bits per heavy atom. The van der Waals surface area contributed by atoms with Gasteiger partial charge in [-0.05, 0) is 69.7 Å². The zero-order valence-corrected chi connectivity index (χ0v) is 21.6. The van der Waals surface area contributed by atoms with Gasteiger partial charge in [-0.2, -0.15) is 13.2 Å². The third-order valence-electron chi connectivity index (χ3n) is 5.05. The fourth-order valence-corrected chi connectivity index (χ4v) is 6.28. The number of aryl methyl sites for hydroxylation is 1. The fraction of sp³-hybridized carbons (Fsp3) is 0.231. The molecule has 2 aromatic heterocycles. The summed E-state index contributed by atoms with van der Waals surface area (Å²) in [4.78, 5) is 9.87. The quantitative estimate of drug-likeness (QED) is 0.303. The van der Waals surface area contributed by atoms with Crippen LogP contribution >= 0.6 is 11.3 Å². The van der Waals surface area contributed by atoms with E-state index in [0.29, 0.717) is 28.3 Å². The lowest BCUT2D eigenvalue weighted by molar-refractivity contribution is -0.137. The second kappa shape index (κ2) is 9.42. The molecule has 4 aromatic rings. The van der Waals surface area contributed by atoms with Crippen molar-refractivity contribution in [2.45, 2.75) is 43.6 Å². The first-order chi connectivity index (χ1) is 16.7. The van der Waals surface area contributed by atoms with Crippen LogP contribution in [0.1, 0.15) is 32.0 Å². The first-order valence-corrected chi connectivity index (χ1v) is 13.3. The average Bonchev–Trinajstić information content (AvgIpc) is 3.28. The number of nitrogens with zero attached hydrogens (tertiary/aromatic N) is 2. The third kappa shape index (κ3) is 6.00. The van der Waals surface area contributed by atoms with E-state index in [9.17, 15) is 21.6 Å². The lowest BCUT2D eigenvalue weighted by Gasteiger charge is -2.19. The van der Waals surface area contributed by atoms with Gasteiger partial charge >= 0.3 is 6.18 Å². The van der Waals surface area contributed by atoms with Gasteiger partial charge in [0, 0.05) is 27.2 Å². The largest absolute Gasteiger partial charge is 0.416 e. The van der Waals surface area contributed by atoms with Gasteiger partial charge in [0.1, 0.15) is 4.21 Å². The second-order valence-corrected chi connectivity index (χ2v) is 12.3. The van der Waals surface area contributed by atoms with E-state index in [2.05, 4.69) is 14.7 Å². The number of hydrogen-bond donors (Lipinski definition) is 1. The minimum Gasteiger partial charge on any atom is -0.233 e. The molecule has 2 heterocycles. The smallest absolute Gasteiger partial charge is 0.233 e. The molecule has 5 nitrogen and oxygen atoms in total. The topological polar surface area (TPSA) is 72.0 Å². The van der Waals surface area contributed by atoms with Crippen molar-refractivity contribution in [2.24, 2.45) is 0 Å². The van der Waals surface area contributed by atoms with Crippen LogP contribution in [-0.2, 0) is 16.2 Å². The number of nitrogens with one attached hydrogen (secondary N) is 1. The molecule has 0 saturated carbocycles.